The molecule has 2 aromatic carbocycles. The van der Waals surface area contributed by atoms with Crippen molar-refractivity contribution in [3.8, 4) is 5.75 Å². The highest BCUT2D eigenvalue weighted by Crippen LogP contribution is 2.23. The Morgan fingerprint density at radius 3 is 2.68 bits per heavy atom. The van der Waals surface area contributed by atoms with Crippen LogP contribution in [0.3, 0.4) is 0 Å². The maximum absolute atomic E-state index is 13.9. The second kappa shape index (κ2) is 10.2. The van der Waals surface area contributed by atoms with Gasteiger partial charge >= 0.3 is 0 Å². The maximum atomic E-state index is 13.9. The molecule has 0 saturated heterocycles. The van der Waals surface area contributed by atoms with Crippen molar-refractivity contribution in [1.29, 1.82) is 0 Å². The Hall–Kier alpha value is -3.20. The van der Waals surface area contributed by atoms with Gasteiger partial charge in [0.15, 0.2) is 16.8 Å². The van der Waals surface area contributed by atoms with Crippen LogP contribution in [0.4, 0.5) is 4.39 Å². The molecule has 1 amide bonds. The Bertz CT molecular complexity index is 1090. The molecule has 0 spiro atoms. The minimum Gasteiger partial charge on any atom is -0.497 e. The molecule has 1 atom stereocenters. The first kappa shape index (κ1) is 22.5. The van der Waals surface area contributed by atoms with Gasteiger partial charge in [0.1, 0.15) is 11.6 Å². The first-order valence-corrected chi connectivity index (χ1v) is 10.7. The number of carbonyl (C=O) groups is 2. The highest BCUT2D eigenvalue weighted by molar-refractivity contribution is 7.99. The van der Waals surface area contributed by atoms with Crippen molar-refractivity contribution in [2.75, 3.05) is 12.9 Å². The number of methoxy groups -OCH3 is 1. The maximum Gasteiger partial charge on any atom is 0.254 e. The van der Waals surface area contributed by atoms with E-state index in [0.29, 0.717) is 28.8 Å². The average molecular weight is 443 g/mol. The molecule has 0 aliphatic rings. The fraction of sp³-hybridized carbons (Fsp3) is 0.273. The third-order valence-corrected chi connectivity index (χ3v) is 5.61. The molecule has 1 unspecified atom stereocenters. The van der Waals surface area contributed by atoms with Gasteiger partial charge in [0.2, 0.25) is 0 Å². The second-order valence-corrected chi connectivity index (χ2v) is 7.65. The van der Waals surface area contributed by atoms with E-state index in [9.17, 15) is 14.0 Å². The van der Waals surface area contributed by atoms with Crippen LogP contribution in [-0.4, -0.2) is 39.3 Å². The summed E-state index contributed by atoms with van der Waals surface area (Å²) in [6, 6.07) is 12.3. The molecule has 0 radical (unpaired) electrons. The van der Waals surface area contributed by atoms with Gasteiger partial charge in [0.05, 0.1) is 24.5 Å². The Morgan fingerprint density at radius 2 is 1.97 bits per heavy atom. The lowest BCUT2D eigenvalue weighted by Crippen LogP contribution is -2.29. The number of carbonyl (C=O) groups excluding carboxylic acids is 2. The number of ketones is 1. The van der Waals surface area contributed by atoms with Gasteiger partial charge in [-0.3, -0.25) is 9.59 Å². The van der Waals surface area contributed by atoms with E-state index in [1.807, 2.05) is 11.5 Å². The van der Waals surface area contributed by atoms with Gasteiger partial charge in [-0.1, -0.05) is 36.0 Å². The minimum atomic E-state index is -0.587. The van der Waals surface area contributed by atoms with Gasteiger partial charge in [-0.05, 0) is 38.1 Å². The third-order valence-electron chi connectivity index (χ3n) is 4.64. The van der Waals surface area contributed by atoms with Crippen LogP contribution < -0.4 is 10.1 Å². The standard InChI is InChI=1S/C22H23FN4O3S/c1-4-27-20(14(2)24-21(29)17-10-5-6-11-18(17)23)25-26-22(27)31-13-19(28)15-8-7-9-16(12-15)30-3/h5-12,14H,4,13H2,1-3H3,(H,24,29). The average Bonchev–Trinajstić information content (AvgIpc) is 3.20. The van der Waals surface area contributed by atoms with E-state index in [2.05, 4.69) is 15.5 Å². The predicted octanol–water partition coefficient (Wildman–Crippen LogP) is 3.91. The van der Waals surface area contributed by atoms with Crippen molar-refractivity contribution < 1.29 is 18.7 Å². The highest BCUT2D eigenvalue weighted by atomic mass is 32.2. The number of amides is 1. The molecule has 3 rings (SSSR count). The van der Waals surface area contributed by atoms with Crippen LogP contribution in [-0.2, 0) is 6.54 Å². The Morgan fingerprint density at radius 1 is 1.19 bits per heavy atom. The first-order chi connectivity index (χ1) is 14.9. The topological polar surface area (TPSA) is 86.1 Å². The van der Waals surface area contributed by atoms with Crippen LogP contribution in [0.15, 0.2) is 53.7 Å². The summed E-state index contributed by atoms with van der Waals surface area (Å²) in [5.74, 6) is 0.159. The van der Waals surface area contributed by atoms with Crippen LogP contribution in [0.1, 0.15) is 46.4 Å². The Balaban J connectivity index is 1.69. The van der Waals surface area contributed by atoms with E-state index in [0.717, 1.165) is 0 Å². The van der Waals surface area contributed by atoms with Crippen molar-refractivity contribution >= 4 is 23.5 Å². The van der Waals surface area contributed by atoms with Gasteiger partial charge in [0, 0.05) is 12.1 Å². The van der Waals surface area contributed by atoms with Crippen LogP contribution in [0.2, 0.25) is 0 Å². The van der Waals surface area contributed by atoms with Crippen molar-refractivity contribution in [2.45, 2.75) is 31.6 Å². The fourth-order valence-corrected chi connectivity index (χ4v) is 3.92. The quantitative estimate of drug-likeness (QED) is 0.399. The van der Waals surface area contributed by atoms with E-state index in [4.69, 9.17) is 4.74 Å². The number of halogens is 1. The van der Waals surface area contributed by atoms with Crippen molar-refractivity contribution in [1.82, 2.24) is 20.1 Å². The van der Waals surface area contributed by atoms with Crippen molar-refractivity contribution in [3.05, 3.63) is 71.3 Å². The van der Waals surface area contributed by atoms with Crippen LogP contribution >= 0.6 is 11.8 Å². The SMILES string of the molecule is CCn1c(SCC(=O)c2cccc(OC)c2)nnc1C(C)NC(=O)c1ccccc1F. The number of nitrogens with one attached hydrogen (secondary N) is 1. The molecule has 7 nitrogen and oxygen atoms in total. The number of aromatic nitrogens is 3. The van der Waals surface area contributed by atoms with Gasteiger partial charge < -0.3 is 14.6 Å². The number of hydrogen-bond donors (Lipinski definition) is 1. The number of rotatable bonds is 9. The molecular weight excluding hydrogens is 419 g/mol. The van der Waals surface area contributed by atoms with Gasteiger partial charge in [-0.15, -0.1) is 10.2 Å². The normalized spacial score (nSPS) is 11.7. The van der Waals surface area contributed by atoms with E-state index in [-0.39, 0.29) is 17.1 Å². The molecular formula is C22H23FN4O3S. The number of nitrogens with zero attached hydrogens (tertiary/aromatic N) is 3. The first-order valence-electron chi connectivity index (χ1n) is 9.73. The number of benzene rings is 2. The van der Waals surface area contributed by atoms with Crippen molar-refractivity contribution in [2.24, 2.45) is 0 Å². The number of thioether (sulfide) groups is 1. The minimum absolute atomic E-state index is 0.0320. The molecule has 31 heavy (non-hydrogen) atoms. The molecule has 0 bridgehead atoms. The second-order valence-electron chi connectivity index (χ2n) is 6.70. The van der Waals surface area contributed by atoms with Crippen molar-refractivity contribution in [3.63, 3.8) is 0 Å². The summed E-state index contributed by atoms with van der Waals surface area (Å²) in [4.78, 5) is 24.9. The number of Topliss-reactive ketones (excluding diaryl/α,β-unsaturated/α-hetero) is 1. The molecule has 0 fully saturated rings. The molecule has 0 aliphatic carbocycles. The predicted molar refractivity (Wildman–Crippen MR) is 116 cm³/mol. The van der Waals surface area contributed by atoms with Gasteiger partial charge in [0.25, 0.3) is 5.91 Å². The van der Waals surface area contributed by atoms with E-state index in [1.54, 1.807) is 44.4 Å². The molecule has 0 saturated carbocycles. The molecule has 9 heteroatoms. The third kappa shape index (κ3) is 5.29. The Kier molecular flexibility index (Phi) is 7.41. The molecule has 1 aromatic heterocycles. The van der Waals surface area contributed by atoms with E-state index < -0.39 is 17.8 Å². The zero-order valence-electron chi connectivity index (χ0n) is 17.5. The summed E-state index contributed by atoms with van der Waals surface area (Å²) in [5, 5.41) is 11.7. The zero-order valence-corrected chi connectivity index (χ0v) is 18.3. The summed E-state index contributed by atoms with van der Waals surface area (Å²) < 4.78 is 20.9. The molecule has 162 valence electrons. The summed E-state index contributed by atoms with van der Waals surface area (Å²) in [6.07, 6.45) is 0. The highest BCUT2D eigenvalue weighted by Gasteiger charge is 2.21. The van der Waals surface area contributed by atoms with Gasteiger partial charge in [-0.25, -0.2) is 4.39 Å². The summed E-state index contributed by atoms with van der Waals surface area (Å²) in [6.45, 7) is 4.23. The largest absolute Gasteiger partial charge is 0.497 e. The summed E-state index contributed by atoms with van der Waals surface area (Å²) in [7, 11) is 1.55. The number of ether oxygens (including phenoxy) is 1. The van der Waals surface area contributed by atoms with Crippen LogP contribution in [0, 0.1) is 5.82 Å². The molecule has 3 aromatic rings. The van der Waals surface area contributed by atoms with Gasteiger partial charge in [-0.2, -0.15) is 0 Å². The summed E-state index contributed by atoms with van der Waals surface area (Å²) >= 11 is 1.27. The van der Waals surface area contributed by atoms with E-state index in [1.165, 1.54) is 30.0 Å². The smallest absolute Gasteiger partial charge is 0.254 e. The van der Waals surface area contributed by atoms with E-state index >= 15 is 0 Å². The summed E-state index contributed by atoms with van der Waals surface area (Å²) in [5.41, 5.74) is 0.524. The van der Waals surface area contributed by atoms with Crippen LogP contribution in [0.5, 0.6) is 5.75 Å². The fourth-order valence-electron chi connectivity index (χ4n) is 3.02. The lowest BCUT2D eigenvalue weighted by molar-refractivity contribution is 0.0932. The molecule has 0 aliphatic heterocycles. The van der Waals surface area contributed by atoms with Crippen LogP contribution in [0.25, 0.3) is 0 Å². The Labute approximate surface area is 184 Å². The molecule has 1 N–H and O–H groups in total. The lowest BCUT2D eigenvalue weighted by atomic mass is 10.1. The zero-order chi connectivity index (χ0) is 22.4. The lowest BCUT2D eigenvalue weighted by Gasteiger charge is -2.15. The number of hydrogen-bond acceptors (Lipinski definition) is 6. The monoisotopic (exact) mass is 442 g/mol. The molecule has 1 heterocycles.